The van der Waals surface area contributed by atoms with Gasteiger partial charge in [-0.05, 0) is 32.0 Å². The van der Waals surface area contributed by atoms with E-state index in [1.54, 1.807) is 29.2 Å². The van der Waals surface area contributed by atoms with Gasteiger partial charge in [-0.3, -0.25) is 14.7 Å². The molecule has 1 N–H and O–H groups in total. The van der Waals surface area contributed by atoms with E-state index in [1.165, 1.54) is 12.1 Å². The van der Waals surface area contributed by atoms with E-state index in [0.717, 1.165) is 4.90 Å². The molecule has 0 unspecified atom stereocenters. The van der Waals surface area contributed by atoms with Crippen LogP contribution in [0.1, 0.15) is 31.1 Å². The first-order valence-electron chi connectivity index (χ1n) is 8.98. The molecule has 1 aliphatic rings. The van der Waals surface area contributed by atoms with E-state index in [0.29, 0.717) is 22.2 Å². The van der Waals surface area contributed by atoms with Crippen LogP contribution in [0.5, 0.6) is 0 Å². The maximum absolute atomic E-state index is 13.9. The first kappa shape index (κ1) is 18.0. The molecule has 0 spiro atoms. The number of carbonyl (C=O) groups is 2. The van der Waals surface area contributed by atoms with Crippen molar-refractivity contribution >= 4 is 22.8 Å². The van der Waals surface area contributed by atoms with Gasteiger partial charge in [-0.25, -0.2) is 13.9 Å². The van der Waals surface area contributed by atoms with Crippen molar-refractivity contribution in [2.45, 2.75) is 38.9 Å². The lowest BCUT2D eigenvalue weighted by molar-refractivity contribution is -0.127. The lowest BCUT2D eigenvalue weighted by atomic mass is 10.1. The number of imide groups is 1. The molecule has 3 amide bonds. The Morgan fingerprint density at radius 3 is 2.86 bits per heavy atom. The first-order chi connectivity index (χ1) is 13.4. The third kappa shape index (κ3) is 3.30. The van der Waals surface area contributed by atoms with Gasteiger partial charge in [0.2, 0.25) is 0 Å². The van der Waals surface area contributed by atoms with Gasteiger partial charge in [0.1, 0.15) is 11.9 Å². The van der Waals surface area contributed by atoms with Crippen LogP contribution >= 0.6 is 0 Å². The average Bonchev–Trinajstić information content (AvgIpc) is 3.22. The van der Waals surface area contributed by atoms with Crippen LogP contribution in [0.3, 0.4) is 0 Å². The monoisotopic (exact) mass is 382 g/mol. The molecule has 1 aliphatic heterocycles. The number of benzene rings is 1. The highest BCUT2D eigenvalue weighted by Crippen LogP contribution is 2.22. The standard InChI is InChI=1S/C19H19FN6O2/c1-11(2)26-10-15(23-24-26)8-16-18(27)25(19(28)22-16)9-13-7-14(20)6-12-4-3-5-21-17(12)13/h3-7,10-11,16H,8-9H2,1-2H3,(H,22,28)/t16-/m0/s1. The van der Waals surface area contributed by atoms with E-state index in [-0.39, 0.29) is 24.9 Å². The second kappa shape index (κ2) is 6.99. The number of aromatic nitrogens is 4. The van der Waals surface area contributed by atoms with Crippen molar-refractivity contribution in [3.8, 4) is 0 Å². The SMILES string of the molecule is CC(C)n1cc(C[C@@H]2NC(=O)N(Cc3cc(F)cc4cccnc34)C2=O)nn1. The Kier molecular flexibility index (Phi) is 4.50. The minimum atomic E-state index is -0.724. The van der Waals surface area contributed by atoms with Gasteiger partial charge in [0.05, 0.1) is 17.8 Å². The van der Waals surface area contributed by atoms with Crippen molar-refractivity contribution in [3.63, 3.8) is 0 Å². The summed E-state index contributed by atoms with van der Waals surface area (Å²) in [6, 6.07) is 5.04. The second-order valence-corrected chi connectivity index (χ2v) is 7.05. The maximum Gasteiger partial charge on any atom is 0.325 e. The van der Waals surface area contributed by atoms with Crippen molar-refractivity contribution in [1.82, 2.24) is 30.2 Å². The Bertz CT molecular complexity index is 1060. The van der Waals surface area contributed by atoms with Crippen molar-refractivity contribution in [2.75, 3.05) is 0 Å². The summed E-state index contributed by atoms with van der Waals surface area (Å²) in [6.07, 6.45) is 3.60. The molecule has 1 atom stereocenters. The molecule has 0 saturated carbocycles. The summed E-state index contributed by atoms with van der Waals surface area (Å²) in [5.41, 5.74) is 1.66. The van der Waals surface area contributed by atoms with Crippen molar-refractivity contribution < 1.29 is 14.0 Å². The zero-order valence-corrected chi connectivity index (χ0v) is 15.5. The molecule has 9 heteroatoms. The summed E-state index contributed by atoms with van der Waals surface area (Å²) in [5.74, 6) is -0.818. The van der Waals surface area contributed by atoms with Crippen LogP contribution in [0.25, 0.3) is 10.9 Å². The minimum absolute atomic E-state index is 0.0505. The van der Waals surface area contributed by atoms with E-state index < -0.39 is 17.9 Å². The molecule has 0 bridgehead atoms. The number of halogens is 1. The van der Waals surface area contributed by atoms with Gasteiger partial charge in [0.15, 0.2) is 0 Å². The average molecular weight is 382 g/mol. The van der Waals surface area contributed by atoms with Gasteiger partial charge in [-0.1, -0.05) is 11.3 Å². The Morgan fingerprint density at radius 1 is 1.29 bits per heavy atom. The molecule has 3 aromatic rings. The lowest BCUT2D eigenvalue weighted by Crippen LogP contribution is -2.32. The van der Waals surface area contributed by atoms with Crippen LogP contribution in [-0.4, -0.2) is 42.9 Å². The van der Waals surface area contributed by atoms with E-state index in [2.05, 4.69) is 20.6 Å². The van der Waals surface area contributed by atoms with Crippen LogP contribution in [-0.2, 0) is 17.8 Å². The fraction of sp³-hybridized carbons (Fsp3) is 0.316. The highest BCUT2D eigenvalue weighted by molar-refractivity contribution is 6.04. The van der Waals surface area contributed by atoms with Gasteiger partial charge in [-0.2, -0.15) is 0 Å². The highest BCUT2D eigenvalue weighted by atomic mass is 19.1. The number of hydrogen-bond acceptors (Lipinski definition) is 5. The summed E-state index contributed by atoms with van der Waals surface area (Å²) in [4.78, 5) is 30.5. The van der Waals surface area contributed by atoms with Crippen LogP contribution in [0.15, 0.2) is 36.7 Å². The van der Waals surface area contributed by atoms with Gasteiger partial charge in [0.25, 0.3) is 5.91 Å². The Hall–Kier alpha value is -3.36. The fourth-order valence-electron chi connectivity index (χ4n) is 3.25. The van der Waals surface area contributed by atoms with Gasteiger partial charge >= 0.3 is 6.03 Å². The zero-order chi connectivity index (χ0) is 19.8. The number of nitrogens with zero attached hydrogens (tertiary/aromatic N) is 5. The summed E-state index contributed by atoms with van der Waals surface area (Å²) < 4.78 is 15.6. The molecule has 0 aliphatic carbocycles. The normalized spacial score (nSPS) is 17.0. The second-order valence-electron chi connectivity index (χ2n) is 7.05. The van der Waals surface area contributed by atoms with E-state index in [1.807, 2.05) is 13.8 Å². The molecule has 2 aromatic heterocycles. The van der Waals surface area contributed by atoms with Gasteiger partial charge < -0.3 is 5.32 Å². The molecule has 4 rings (SSSR count). The summed E-state index contributed by atoms with van der Waals surface area (Å²) in [6.45, 7) is 3.89. The Morgan fingerprint density at radius 2 is 2.11 bits per heavy atom. The number of carbonyl (C=O) groups excluding carboxylic acids is 2. The molecule has 0 radical (unpaired) electrons. The smallest absolute Gasteiger partial charge is 0.325 e. The molecule has 28 heavy (non-hydrogen) atoms. The largest absolute Gasteiger partial charge is 0.325 e. The number of hydrogen-bond donors (Lipinski definition) is 1. The number of fused-ring (bicyclic) bond motifs is 1. The van der Waals surface area contributed by atoms with Crippen molar-refractivity contribution in [2.24, 2.45) is 0 Å². The van der Waals surface area contributed by atoms with Crippen LogP contribution in [0.2, 0.25) is 0 Å². The van der Waals surface area contributed by atoms with Gasteiger partial charge in [0, 0.05) is 35.8 Å². The third-order valence-corrected chi connectivity index (χ3v) is 4.68. The zero-order valence-electron chi connectivity index (χ0n) is 15.5. The van der Waals surface area contributed by atoms with Crippen molar-refractivity contribution in [3.05, 3.63) is 53.7 Å². The summed E-state index contributed by atoms with van der Waals surface area (Å²) in [5, 5.41) is 11.4. The number of pyridine rings is 1. The number of rotatable bonds is 5. The third-order valence-electron chi connectivity index (χ3n) is 4.68. The molecule has 3 heterocycles. The van der Waals surface area contributed by atoms with E-state index in [4.69, 9.17) is 0 Å². The predicted octanol–water partition coefficient (Wildman–Crippen LogP) is 2.21. The maximum atomic E-state index is 13.9. The molecule has 8 nitrogen and oxygen atoms in total. The van der Waals surface area contributed by atoms with Crippen LogP contribution in [0.4, 0.5) is 9.18 Å². The quantitative estimate of drug-likeness (QED) is 0.683. The van der Waals surface area contributed by atoms with Crippen LogP contribution in [0, 0.1) is 5.82 Å². The van der Waals surface area contributed by atoms with Crippen LogP contribution < -0.4 is 5.32 Å². The summed E-state index contributed by atoms with van der Waals surface area (Å²) in [7, 11) is 0. The molecule has 1 fully saturated rings. The number of urea groups is 1. The molecular weight excluding hydrogens is 363 g/mol. The minimum Gasteiger partial charge on any atom is -0.325 e. The van der Waals surface area contributed by atoms with Gasteiger partial charge in [-0.15, -0.1) is 5.10 Å². The number of nitrogens with one attached hydrogen (secondary N) is 1. The number of amides is 3. The predicted molar refractivity (Wildman–Crippen MR) is 98.7 cm³/mol. The molecule has 1 aromatic carbocycles. The Labute approximate surface area is 160 Å². The molecule has 144 valence electrons. The molecular formula is C19H19FN6O2. The fourth-order valence-corrected chi connectivity index (χ4v) is 3.25. The highest BCUT2D eigenvalue weighted by Gasteiger charge is 2.38. The van der Waals surface area contributed by atoms with E-state index >= 15 is 0 Å². The summed E-state index contributed by atoms with van der Waals surface area (Å²) >= 11 is 0. The van der Waals surface area contributed by atoms with Crippen molar-refractivity contribution in [1.29, 1.82) is 0 Å². The first-order valence-corrected chi connectivity index (χ1v) is 8.98. The topological polar surface area (TPSA) is 93.0 Å². The Balaban J connectivity index is 1.55. The lowest BCUT2D eigenvalue weighted by Gasteiger charge is -2.14. The van der Waals surface area contributed by atoms with E-state index in [9.17, 15) is 14.0 Å². The molecule has 1 saturated heterocycles.